The molecule has 0 radical (unpaired) electrons. The molecule has 3 N–H and O–H groups in total. The molecule has 0 amide bonds. The van der Waals surface area contributed by atoms with E-state index in [4.69, 9.17) is 5.11 Å². The molecule has 0 saturated carbocycles. The Kier molecular flexibility index (Phi) is 69.9. The van der Waals surface area contributed by atoms with Crippen molar-refractivity contribution in [3.8, 4) is 0 Å². The Bertz CT molecular complexity index is 1010. The van der Waals surface area contributed by atoms with Crippen molar-refractivity contribution < 1.29 is 24.9 Å². The lowest BCUT2D eigenvalue weighted by molar-refractivity contribution is -0.151. The van der Waals surface area contributed by atoms with Gasteiger partial charge in [0.2, 0.25) is 0 Å². The van der Waals surface area contributed by atoms with Gasteiger partial charge in [-0.05, 0) is 38.5 Å². The van der Waals surface area contributed by atoms with Crippen LogP contribution in [0.15, 0.2) is 0 Å². The summed E-state index contributed by atoms with van der Waals surface area (Å²) in [7, 11) is 0. The van der Waals surface area contributed by atoms with E-state index in [9.17, 15) is 19.8 Å². The van der Waals surface area contributed by atoms with E-state index in [1.54, 1.807) is 0 Å². The highest BCUT2D eigenvalue weighted by molar-refractivity contribution is 5.74. The topological polar surface area (TPSA) is 94.8 Å². The first kappa shape index (κ1) is 76.1. The van der Waals surface area contributed by atoms with Crippen LogP contribution in [0.2, 0.25) is 0 Å². The molecule has 0 aliphatic carbocycles. The van der Waals surface area contributed by atoms with Crippen molar-refractivity contribution in [3.05, 3.63) is 0 Å². The molecule has 0 heterocycles. The molecule has 0 aromatic heterocycles. The van der Waals surface area contributed by atoms with Gasteiger partial charge in [0.25, 0.3) is 0 Å². The summed E-state index contributed by atoms with van der Waals surface area (Å²) >= 11 is 0. The third-order valence-corrected chi connectivity index (χ3v) is 16.0. The molecule has 0 aromatic carbocycles. The van der Waals surface area contributed by atoms with E-state index in [0.717, 1.165) is 64.2 Å². The van der Waals surface area contributed by atoms with Crippen LogP contribution >= 0.6 is 0 Å². The maximum Gasteiger partial charge on any atom is 0.309 e. The Morgan fingerprint density at radius 1 is 0.274 bits per heavy atom. The molecule has 0 bridgehead atoms. The van der Waals surface area contributed by atoms with Crippen molar-refractivity contribution in [2.24, 2.45) is 5.41 Å². The van der Waals surface area contributed by atoms with Crippen LogP contribution in [0.5, 0.6) is 0 Å². The van der Waals surface area contributed by atoms with Crippen LogP contribution in [0.3, 0.4) is 0 Å². The van der Waals surface area contributed by atoms with Gasteiger partial charge in [-0.15, -0.1) is 0 Å². The first-order valence-electron chi connectivity index (χ1n) is 33.8. The first-order chi connectivity index (χ1) is 35.7. The summed E-state index contributed by atoms with van der Waals surface area (Å²) < 4.78 is 0. The molecule has 2 atom stereocenters. The minimum Gasteiger partial charge on any atom is -0.481 e. The number of aliphatic hydroxyl groups is 1. The van der Waals surface area contributed by atoms with Crippen LogP contribution in [0.25, 0.3) is 0 Å². The average Bonchev–Trinajstić information content (AvgIpc) is 3.38. The highest BCUT2D eigenvalue weighted by atomic mass is 16.4. The molecule has 0 aliphatic heterocycles. The van der Waals surface area contributed by atoms with Gasteiger partial charge < -0.3 is 15.3 Å². The van der Waals surface area contributed by atoms with Crippen LogP contribution < -0.4 is 0 Å². The van der Waals surface area contributed by atoms with Crippen molar-refractivity contribution in [1.82, 2.24) is 0 Å². The number of carbonyl (C=O) groups is 2. The van der Waals surface area contributed by atoms with E-state index in [1.165, 1.54) is 302 Å². The van der Waals surface area contributed by atoms with Crippen molar-refractivity contribution >= 4 is 11.9 Å². The molecular formula is C68H138O5. The molecule has 0 aliphatic rings. The SMILES string of the molecule is CCCCCCCCCC(O)CCCCCC.CCCCCCCCCCCCCCCCC(CCCCCC)(CCCCCCCCCC)C(=O)O.CCCCCCCCCCCCCCCCCC(=O)O. The summed E-state index contributed by atoms with van der Waals surface area (Å²) in [4.78, 5) is 22.8. The van der Waals surface area contributed by atoms with Crippen LogP contribution in [0, 0.1) is 5.41 Å². The van der Waals surface area contributed by atoms with E-state index in [2.05, 4.69) is 41.5 Å². The Balaban J connectivity index is -0.00000111. The second kappa shape index (κ2) is 67.0. The largest absolute Gasteiger partial charge is 0.481 e. The molecule has 0 aromatic rings. The average molecular weight is 1040 g/mol. The number of carboxylic acids is 2. The summed E-state index contributed by atoms with van der Waals surface area (Å²) in [5, 5.41) is 28.6. The number of hydrogen-bond acceptors (Lipinski definition) is 3. The zero-order valence-corrected chi connectivity index (χ0v) is 51.2. The summed E-state index contributed by atoms with van der Waals surface area (Å²) in [6, 6.07) is 0. The molecule has 0 rings (SSSR count). The number of hydrogen-bond donors (Lipinski definition) is 3. The minimum atomic E-state index is -0.653. The van der Waals surface area contributed by atoms with E-state index in [0.29, 0.717) is 6.42 Å². The van der Waals surface area contributed by atoms with Gasteiger partial charge in [-0.1, -0.05) is 369 Å². The lowest BCUT2D eigenvalue weighted by atomic mass is 9.74. The van der Waals surface area contributed by atoms with Crippen molar-refractivity contribution in [2.45, 2.75) is 420 Å². The normalized spacial score (nSPS) is 12.5. The summed E-state index contributed by atoms with van der Waals surface area (Å²) in [5.41, 5.74) is -0.451. The van der Waals surface area contributed by atoms with Gasteiger partial charge >= 0.3 is 11.9 Å². The van der Waals surface area contributed by atoms with E-state index in [-0.39, 0.29) is 6.10 Å². The number of unbranched alkanes of at least 4 members (excludes halogenated alkanes) is 46. The van der Waals surface area contributed by atoms with E-state index in [1.807, 2.05) is 0 Å². The number of aliphatic carboxylic acids is 2. The lowest BCUT2D eigenvalue weighted by Crippen LogP contribution is -2.31. The molecule has 5 nitrogen and oxygen atoms in total. The van der Waals surface area contributed by atoms with E-state index >= 15 is 0 Å². The lowest BCUT2D eigenvalue weighted by Gasteiger charge is -2.30. The second-order valence-electron chi connectivity index (χ2n) is 23.5. The standard InChI is InChI=1S/C34H68O2.C18H36O2.C16H34O/c1-4-7-10-13-15-17-18-19-20-21-22-24-26-29-32-34(33(35)36,30-27-12-9-6-3)31-28-25-23-16-14-11-8-5-2;1-2-3-4-5-6-7-8-9-10-11-12-13-14-15-16-17-18(19)20;1-3-5-7-9-10-11-13-15-16(17)14-12-8-6-4-2/h4-32H2,1-3H3,(H,35,36);2-17H2,1H3,(H,19,20);16-17H,3-15H2,1-2H3. The number of aliphatic hydroxyl groups excluding tert-OH is 1. The quantitative estimate of drug-likeness (QED) is 0.0528. The van der Waals surface area contributed by atoms with Crippen molar-refractivity contribution in [1.29, 1.82) is 0 Å². The third kappa shape index (κ3) is 65.1. The smallest absolute Gasteiger partial charge is 0.309 e. The zero-order valence-electron chi connectivity index (χ0n) is 51.2. The predicted octanol–water partition coefficient (Wildman–Crippen LogP) is 24.2. The van der Waals surface area contributed by atoms with Gasteiger partial charge in [0.15, 0.2) is 0 Å². The third-order valence-electron chi connectivity index (χ3n) is 16.0. The van der Waals surface area contributed by atoms with Crippen LogP contribution in [-0.2, 0) is 9.59 Å². The molecule has 0 saturated heterocycles. The maximum absolute atomic E-state index is 12.5. The fourth-order valence-corrected chi connectivity index (χ4v) is 10.8. The summed E-state index contributed by atoms with van der Waals surface area (Å²) in [6.45, 7) is 13.6. The van der Waals surface area contributed by atoms with Gasteiger partial charge in [0, 0.05) is 6.42 Å². The monoisotopic (exact) mass is 1040 g/mol. The first-order valence-corrected chi connectivity index (χ1v) is 33.8. The van der Waals surface area contributed by atoms with E-state index < -0.39 is 17.4 Å². The number of carboxylic acid groups (broad SMARTS) is 2. The molecule has 440 valence electrons. The highest BCUT2D eigenvalue weighted by Gasteiger charge is 2.36. The molecule has 0 spiro atoms. The zero-order chi connectivity index (χ0) is 54.2. The second-order valence-corrected chi connectivity index (χ2v) is 23.5. The van der Waals surface area contributed by atoms with Crippen LogP contribution in [-0.4, -0.2) is 33.4 Å². The van der Waals surface area contributed by atoms with Gasteiger partial charge in [0.05, 0.1) is 11.5 Å². The molecule has 0 fully saturated rings. The maximum atomic E-state index is 12.5. The highest BCUT2D eigenvalue weighted by Crippen LogP contribution is 2.38. The Morgan fingerprint density at radius 2 is 0.452 bits per heavy atom. The van der Waals surface area contributed by atoms with Gasteiger partial charge in [-0.25, -0.2) is 0 Å². The van der Waals surface area contributed by atoms with Crippen LogP contribution in [0.1, 0.15) is 414 Å². The predicted molar refractivity (Wildman–Crippen MR) is 326 cm³/mol. The van der Waals surface area contributed by atoms with Gasteiger partial charge in [-0.3, -0.25) is 9.59 Å². The molecular weight excluding hydrogens is 897 g/mol. The van der Waals surface area contributed by atoms with Gasteiger partial charge in [-0.2, -0.15) is 0 Å². The Hall–Kier alpha value is -1.10. The molecule has 73 heavy (non-hydrogen) atoms. The minimum absolute atomic E-state index is 0.0255. The van der Waals surface area contributed by atoms with Crippen molar-refractivity contribution in [3.63, 3.8) is 0 Å². The Morgan fingerprint density at radius 3 is 0.671 bits per heavy atom. The fraction of sp³-hybridized carbons (Fsp3) is 0.971. The number of rotatable bonds is 59. The fourth-order valence-electron chi connectivity index (χ4n) is 10.8. The summed E-state index contributed by atoms with van der Waals surface area (Å²) in [5.74, 6) is -1.16. The van der Waals surface area contributed by atoms with Crippen molar-refractivity contribution in [2.75, 3.05) is 0 Å². The Labute approximate surface area is 460 Å². The molecule has 2 unspecified atom stereocenters. The van der Waals surface area contributed by atoms with Gasteiger partial charge in [0.1, 0.15) is 0 Å². The summed E-state index contributed by atoms with van der Waals surface area (Å²) in [6.07, 6.45) is 73.6. The van der Waals surface area contributed by atoms with Crippen LogP contribution in [0.4, 0.5) is 0 Å². The molecule has 5 heteroatoms.